The van der Waals surface area contributed by atoms with Gasteiger partial charge in [0.2, 0.25) is 5.91 Å². The number of aromatic nitrogens is 2. The van der Waals surface area contributed by atoms with Gasteiger partial charge in [-0.05, 0) is 35.4 Å². The van der Waals surface area contributed by atoms with Gasteiger partial charge in [0, 0.05) is 18.5 Å². The highest BCUT2D eigenvalue weighted by molar-refractivity contribution is 5.77. The molecule has 0 aliphatic heterocycles. The first-order chi connectivity index (χ1) is 14.2. The molecule has 0 aliphatic rings. The van der Waals surface area contributed by atoms with E-state index in [-0.39, 0.29) is 11.8 Å². The van der Waals surface area contributed by atoms with Crippen molar-refractivity contribution in [3.05, 3.63) is 102 Å². The maximum atomic E-state index is 12.8. The summed E-state index contributed by atoms with van der Waals surface area (Å²) in [6.07, 6.45) is 4.12. The van der Waals surface area contributed by atoms with Crippen molar-refractivity contribution < 1.29 is 9.53 Å². The number of hydrogen-bond donors (Lipinski definition) is 1. The Morgan fingerprint density at radius 1 is 1.00 bits per heavy atom. The first kappa shape index (κ1) is 18.7. The lowest BCUT2D eigenvalue weighted by atomic mass is 9.88. The Bertz CT molecular complexity index is 1090. The second-order valence-corrected chi connectivity index (χ2v) is 6.90. The predicted octanol–water partition coefficient (Wildman–Crippen LogP) is 4.18. The normalized spacial score (nSPS) is 11.9. The molecule has 0 unspecified atom stereocenters. The molecule has 5 heteroatoms. The van der Waals surface area contributed by atoms with Crippen molar-refractivity contribution in [3.8, 4) is 5.75 Å². The Morgan fingerprint density at radius 2 is 1.72 bits per heavy atom. The van der Waals surface area contributed by atoms with E-state index in [2.05, 4.69) is 22.4 Å². The number of nitrogens with one attached hydrogen (secondary N) is 1. The minimum atomic E-state index is -0.0238. The Labute approximate surface area is 170 Å². The fourth-order valence-electron chi connectivity index (χ4n) is 3.51. The highest BCUT2D eigenvalue weighted by Gasteiger charge is 2.18. The fourth-order valence-corrected chi connectivity index (χ4v) is 3.51. The number of amides is 1. The van der Waals surface area contributed by atoms with Crippen molar-refractivity contribution in [1.29, 1.82) is 0 Å². The van der Waals surface area contributed by atoms with Crippen LogP contribution in [0.1, 0.15) is 29.2 Å². The Balaban J connectivity index is 1.50. The lowest BCUT2D eigenvalue weighted by Crippen LogP contribution is -2.25. The summed E-state index contributed by atoms with van der Waals surface area (Å²) in [5.41, 5.74) is 4.02. The van der Waals surface area contributed by atoms with Gasteiger partial charge in [-0.1, -0.05) is 48.5 Å². The monoisotopic (exact) mass is 385 g/mol. The number of methoxy groups -OCH3 is 1. The Hall–Kier alpha value is -3.60. The van der Waals surface area contributed by atoms with Gasteiger partial charge in [0.1, 0.15) is 11.4 Å². The molecule has 0 bridgehead atoms. The van der Waals surface area contributed by atoms with E-state index in [0.717, 1.165) is 28.2 Å². The number of ether oxygens (including phenoxy) is 1. The van der Waals surface area contributed by atoms with Crippen LogP contribution in [-0.2, 0) is 11.3 Å². The minimum absolute atomic E-state index is 0.000511. The summed E-state index contributed by atoms with van der Waals surface area (Å²) in [4.78, 5) is 17.2. The lowest BCUT2D eigenvalue weighted by molar-refractivity contribution is -0.121. The third kappa shape index (κ3) is 4.29. The Morgan fingerprint density at radius 3 is 2.48 bits per heavy atom. The highest BCUT2D eigenvalue weighted by Crippen LogP contribution is 2.29. The van der Waals surface area contributed by atoms with Gasteiger partial charge in [-0.15, -0.1) is 0 Å². The molecule has 5 nitrogen and oxygen atoms in total. The molecule has 4 rings (SSSR count). The van der Waals surface area contributed by atoms with Crippen LogP contribution in [0.3, 0.4) is 0 Å². The summed E-state index contributed by atoms with van der Waals surface area (Å²) in [5.74, 6) is 0.780. The molecule has 2 aromatic heterocycles. The minimum Gasteiger partial charge on any atom is -0.497 e. The molecule has 0 saturated carbocycles. The topological polar surface area (TPSA) is 55.6 Å². The molecule has 29 heavy (non-hydrogen) atoms. The van der Waals surface area contributed by atoms with Gasteiger partial charge >= 0.3 is 0 Å². The molecular formula is C24H23N3O2. The standard InChI is InChI=1S/C24H23N3O2/c1-29-21-12-10-19(11-13-21)22(18-7-3-2-4-8-18)15-24(28)26-17-20-16-25-23-9-5-6-14-27(20)23/h2-14,16,22H,15,17H2,1H3,(H,26,28)/t22-/m1/s1. The van der Waals surface area contributed by atoms with Crippen molar-refractivity contribution in [1.82, 2.24) is 14.7 Å². The molecule has 4 aromatic rings. The summed E-state index contributed by atoms with van der Waals surface area (Å²) in [6, 6.07) is 23.9. The van der Waals surface area contributed by atoms with Crippen LogP contribution >= 0.6 is 0 Å². The molecule has 0 radical (unpaired) electrons. The van der Waals surface area contributed by atoms with Crippen molar-refractivity contribution in [2.75, 3.05) is 7.11 Å². The molecular weight excluding hydrogens is 362 g/mol. The number of hydrogen-bond acceptors (Lipinski definition) is 3. The molecule has 0 aliphatic carbocycles. The van der Waals surface area contributed by atoms with E-state index in [0.29, 0.717) is 13.0 Å². The highest BCUT2D eigenvalue weighted by atomic mass is 16.5. The van der Waals surface area contributed by atoms with E-state index >= 15 is 0 Å². The predicted molar refractivity (Wildman–Crippen MR) is 113 cm³/mol. The largest absolute Gasteiger partial charge is 0.497 e. The zero-order valence-corrected chi connectivity index (χ0v) is 16.3. The van der Waals surface area contributed by atoms with Crippen molar-refractivity contribution >= 4 is 11.6 Å². The van der Waals surface area contributed by atoms with Gasteiger partial charge in [0.25, 0.3) is 0 Å². The van der Waals surface area contributed by atoms with Crippen LogP contribution < -0.4 is 10.1 Å². The summed E-state index contributed by atoms with van der Waals surface area (Å²) >= 11 is 0. The van der Waals surface area contributed by atoms with Gasteiger partial charge in [-0.3, -0.25) is 4.79 Å². The number of carbonyl (C=O) groups is 1. The number of fused-ring (bicyclic) bond motifs is 1. The average Bonchev–Trinajstić information content (AvgIpc) is 3.20. The number of nitrogens with zero attached hydrogens (tertiary/aromatic N) is 2. The second-order valence-electron chi connectivity index (χ2n) is 6.90. The molecule has 2 heterocycles. The fraction of sp³-hybridized carbons (Fsp3) is 0.167. The van der Waals surface area contributed by atoms with Crippen molar-refractivity contribution in [2.24, 2.45) is 0 Å². The van der Waals surface area contributed by atoms with Gasteiger partial charge < -0.3 is 14.5 Å². The summed E-state index contributed by atoms with van der Waals surface area (Å²) in [7, 11) is 1.65. The quantitative estimate of drug-likeness (QED) is 0.519. The van der Waals surface area contributed by atoms with Crippen molar-refractivity contribution in [3.63, 3.8) is 0 Å². The molecule has 2 aromatic carbocycles. The molecule has 0 spiro atoms. The van der Waals surface area contributed by atoms with Gasteiger partial charge in [0.05, 0.1) is 25.5 Å². The first-order valence-corrected chi connectivity index (χ1v) is 9.61. The maximum Gasteiger partial charge on any atom is 0.221 e. The first-order valence-electron chi connectivity index (χ1n) is 9.61. The lowest BCUT2D eigenvalue weighted by Gasteiger charge is -2.18. The number of carbonyl (C=O) groups excluding carboxylic acids is 1. The van der Waals surface area contributed by atoms with E-state index in [9.17, 15) is 4.79 Å². The van der Waals surface area contributed by atoms with Gasteiger partial charge in [-0.2, -0.15) is 0 Å². The summed E-state index contributed by atoms with van der Waals surface area (Å²) in [6.45, 7) is 0.439. The average molecular weight is 385 g/mol. The van der Waals surface area contributed by atoms with Gasteiger partial charge in [-0.25, -0.2) is 4.98 Å². The molecule has 1 amide bonds. The van der Waals surface area contributed by atoms with E-state index < -0.39 is 0 Å². The van der Waals surface area contributed by atoms with E-state index in [1.165, 1.54) is 0 Å². The SMILES string of the molecule is COc1ccc([C@H](CC(=O)NCc2cnc3ccccn23)c2ccccc2)cc1. The van der Waals surface area contributed by atoms with Crippen LogP contribution in [0.15, 0.2) is 85.2 Å². The van der Waals surface area contributed by atoms with Crippen LogP contribution in [0.25, 0.3) is 5.65 Å². The molecule has 1 atom stereocenters. The third-order valence-electron chi connectivity index (χ3n) is 5.07. The molecule has 0 fully saturated rings. The summed E-state index contributed by atoms with van der Waals surface area (Å²) in [5, 5.41) is 3.05. The maximum absolute atomic E-state index is 12.8. The van der Waals surface area contributed by atoms with E-state index in [1.807, 2.05) is 71.3 Å². The van der Waals surface area contributed by atoms with E-state index in [1.54, 1.807) is 13.3 Å². The smallest absolute Gasteiger partial charge is 0.221 e. The Kier molecular flexibility index (Phi) is 5.56. The van der Waals surface area contributed by atoms with Crippen LogP contribution in [0.2, 0.25) is 0 Å². The van der Waals surface area contributed by atoms with Crippen LogP contribution in [-0.4, -0.2) is 22.4 Å². The van der Waals surface area contributed by atoms with E-state index in [4.69, 9.17) is 4.74 Å². The van der Waals surface area contributed by atoms with Gasteiger partial charge in [0.15, 0.2) is 0 Å². The number of benzene rings is 2. The van der Waals surface area contributed by atoms with Crippen LogP contribution in [0.4, 0.5) is 0 Å². The van der Waals surface area contributed by atoms with Crippen LogP contribution in [0, 0.1) is 0 Å². The third-order valence-corrected chi connectivity index (χ3v) is 5.07. The number of rotatable bonds is 7. The summed E-state index contributed by atoms with van der Waals surface area (Å²) < 4.78 is 7.25. The van der Waals surface area contributed by atoms with Crippen LogP contribution in [0.5, 0.6) is 5.75 Å². The number of imidazole rings is 1. The van der Waals surface area contributed by atoms with Crippen molar-refractivity contribution in [2.45, 2.75) is 18.9 Å². The zero-order chi connectivity index (χ0) is 20.1. The molecule has 1 N–H and O–H groups in total. The number of pyridine rings is 1. The second kappa shape index (κ2) is 8.61. The molecule has 146 valence electrons. The zero-order valence-electron chi connectivity index (χ0n) is 16.3. The molecule has 0 saturated heterocycles.